The van der Waals surface area contributed by atoms with Gasteiger partial charge in [0.25, 0.3) is 0 Å². The Kier molecular flexibility index (Phi) is 4.59. The summed E-state index contributed by atoms with van der Waals surface area (Å²) in [5, 5.41) is 0.340. The van der Waals surface area contributed by atoms with Gasteiger partial charge in [-0.1, -0.05) is 23.2 Å². The van der Waals surface area contributed by atoms with Gasteiger partial charge in [-0.15, -0.1) is 0 Å². The van der Waals surface area contributed by atoms with Crippen LogP contribution in [-0.2, 0) is 19.6 Å². The Bertz CT molecular complexity index is 632. The number of benzene rings is 1. The van der Waals surface area contributed by atoms with E-state index in [1.807, 2.05) is 0 Å². The van der Waals surface area contributed by atoms with Crippen molar-refractivity contribution < 1.29 is 17.9 Å². The van der Waals surface area contributed by atoms with Crippen molar-refractivity contribution in [3.63, 3.8) is 0 Å². The highest BCUT2D eigenvalue weighted by Gasteiger charge is 2.40. The van der Waals surface area contributed by atoms with E-state index >= 15 is 0 Å². The molecule has 1 fully saturated rings. The van der Waals surface area contributed by atoms with Gasteiger partial charge in [-0.2, -0.15) is 4.31 Å². The van der Waals surface area contributed by atoms with Gasteiger partial charge >= 0.3 is 5.97 Å². The number of carbonyl (C=O) groups is 1. The lowest BCUT2D eigenvalue weighted by Crippen LogP contribution is -2.41. The number of hydrogen-bond acceptors (Lipinski definition) is 4. The minimum Gasteiger partial charge on any atom is -0.468 e. The van der Waals surface area contributed by atoms with Crippen molar-refractivity contribution in [3.05, 3.63) is 28.2 Å². The Morgan fingerprint density at radius 3 is 2.75 bits per heavy atom. The molecule has 0 N–H and O–H groups in total. The van der Waals surface area contributed by atoms with Crippen molar-refractivity contribution in [3.8, 4) is 0 Å². The lowest BCUT2D eigenvalue weighted by molar-refractivity contribution is -0.144. The van der Waals surface area contributed by atoms with Crippen LogP contribution in [0.1, 0.15) is 12.8 Å². The molecule has 0 radical (unpaired) electrons. The van der Waals surface area contributed by atoms with E-state index in [1.54, 1.807) is 0 Å². The number of methoxy groups -OCH3 is 1. The molecule has 1 unspecified atom stereocenters. The number of halogens is 2. The summed E-state index contributed by atoms with van der Waals surface area (Å²) in [5.74, 6) is -0.566. The molecule has 110 valence electrons. The van der Waals surface area contributed by atoms with Crippen molar-refractivity contribution >= 4 is 39.2 Å². The summed E-state index contributed by atoms with van der Waals surface area (Å²) < 4.78 is 31.0. The first-order chi connectivity index (χ1) is 9.37. The Labute approximate surface area is 127 Å². The molecule has 0 aromatic heterocycles. The average Bonchev–Trinajstić information content (AvgIpc) is 2.90. The largest absolute Gasteiger partial charge is 0.468 e. The number of esters is 1. The summed E-state index contributed by atoms with van der Waals surface area (Å²) in [7, 11) is -2.65. The van der Waals surface area contributed by atoms with Crippen LogP contribution in [0.5, 0.6) is 0 Å². The second-order valence-corrected chi connectivity index (χ2v) is 7.07. The maximum Gasteiger partial charge on any atom is 0.324 e. The van der Waals surface area contributed by atoms with Crippen LogP contribution in [0.4, 0.5) is 0 Å². The zero-order valence-electron chi connectivity index (χ0n) is 10.7. The topological polar surface area (TPSA) is 63.7 Å². The first-order valence-corrected chi connectivity index (χ1v) is 8.12. The second-order valence-electron chi connectivity index (χ2n) is 4.37. The first-order valence-electron chi connectivity index (χ1n) is 5.92. The molecule has 2 rings (SSSR count). The molecule has 1 atom stereocenters. The van der Waals surface area contributed by atoms with E-state index < -0.39 is 22.0 Å². The highest BCUT2D eigenvalue weighted by atomic mass is 35.5. The second kappa shape index (κ2) is 5.89. The predicted molar refractivity (Wildman–Crippen MR) is 75.4 cm³/mol. The molecular formula is C12H13Cl2NO4S. The summed E-state index contributed by atoms with van der Waals surface area (Å²) in [6.07, 6.45) is 1.03. The minimum absolute atomic E-state index is 0.0740. The van der Waals surface area contributed by atoms with Crippen molar-refractivity contribution in [1.82, 2.24) is 4.31 Å². The predicted octanol–water partition coefficient (Wildman–Crippen LogP) is 2.32. The lowest BCUT2D eigenvalue weighted by Gasteiger charge is -2.22. The molecular weight excluding hydrogens is 325 g/mol. The molecule has 1 aliphatic heterocycles. The van der Waals surface area contributed by atoms with E-state index in [1.165, 1.54) is 25.3 Å². The van der Waals surface area contributed by atoms with Crippen molar-refractivity contribution in [2.45, 2.75) is 23.8 Å². The zero-order chi connectivity index (χ0) is 14.9. The van der Waals surface area contributed by atoms with Gasteiger partial charge in [0.1, 0.15) is 10.9 Å². The van der Waals surface area contributed by atoms with Crippen molar-refractivity contribution in [2.24, 2.45) is 0 Å². The van der Waals surface area contributed by atoms with Crippen LogP contribution in [0.3, 0.4) is 0 Å². The first kappa shape index (κ1) is 15.6. The molecule has 1 saturated heterocycles. The fraction of sp³-hybridized carbons (Fsp3) is 0.417. The fourth-order valence-electron chi connectivity index (χ4n) is 2.20. The Balaban J connectivity index is 2.44. The van der Waals surface area contributed by atoms with E-state index in [0.29, 0.717) is 12.8 Å². The third kappa shape index (κ3) is 2.79. The van der Waals surface area contributed by atoms with Gasteiger partial charge < -0.3 is 4.74 Å². The lowest BCUT2D eigenvalue weighted by atomic mass is 10.2. The van der Waals surface area contributed by atoms with E-state index in [0.717, 1.165) is 4.31 Å². The third-order valence-electron chi connectivity index (χ3n) is 3.16. The number of hydrogen-bond donors (Lipinski definition) is 0. The molecule has 0 bridgehead atoms. The normalized spacial score (nSPS) is 20.1. The quantitative estimate of drug-likeness (QED) is 0.794. The van der Waals surface area contributed by atoms with Gasteiger partial charge in [-0.05, 0) is 31.0 Å². The fourth-order valence-corrected chi connectivity index (χ4v) is 4.59. The SMILES string of the molecule is COC(=O)C1CCCN1S(=O)(=O)c1cc(Cl)ccc1Cl. The average molecular weight is 338 g/mol. The Morgan fingerprint density at radius 1 is 1.40 bits per heavy atom. The summed E-state index contributed by atoms with van der Waals surface area (Å²) in [4.78, 5) is 11.6. The van der Waals surface area contributed by atoms with Gasteiger partial charge in [0.2, 0.25) is 10.0 Å². The molecule has 1 aromatic carbocycles. The molecule has 0 saturated carbocycles. The monoisotopic (exact) mass is 337 g/mol. The molecule has 0 amide bonds. The van der Waals surface area contributed by atoms with Crippen LogP contribution in [0.15, 0.2) is 23.1 Å². The van der Waals surface area contributed by atoms with Crippen LogP contribution in [0, 0.1) is 0 Å². The number of sulfonamides is 1. The van der Waals surface area contributed by atoms with Crippen LogP contribution in [0.25, 0.3) is 0 Å². The highest BCUT2D eigenvalue weighted by Crippen LogP contribution is 2.32. The Hall–Kier alpha value is -0.820. The highest BCUT2D eigenvalue weighted by molar-refractivity contribution is 7.89. The van der Waals surface area contributed by atoms with Crippen LogP contribution in [0.2, 0.25) is 10.0 Å². The number of rotatable bonds is 3. The molecule has 8 heteroatoms. The van der Waals surface area contributed by atoms with Crippen molar-refractivity contribution in [2.75, 3.05) is 13.7 Å². The number of carbonyl (C=O) groups excluding carboxylic acids is 1. The molecule has 1 aromatic rings. The third-order valence-corrected chi connectivity index (χ3v) is 5.78. The van der Waals surface area contributed by atoms with Crippen molar-refractivity contribution in [1.29, 1.82) is 0 Å². The minimum atomic E-state index is -3.88. The van der Waals surface area contributed by atoms with E-state index in [9.17, 15) is 13.2 Å². The van der Waals surface area contributed by atoms with Gasteiger partial charge in [-0.3, -0.25) is 4.79 Å². The van der Waals surface area contributed by atoms with E-state index in [-0.39, 0.29) is 21.5 Å². The van der Waals surface area contributed by atoms with Gasteiger partial charge in [-0.25, -0.2) is 8.42 Å². The molecule has 1 aliphatic rings. The Morgan fingerprint density at radius 2 is 2.10 bits per heavy atom. The molecule has 5 nitrogen and oxygen atoms in total. The van der Waals surface area contributed by atoms with Gasteiger partial charge in [0, 0.05) is 11.6 Å². The standard InChI is InChI=1S/C12H13Cl2NO4S/c1-19-12(16)10-3-2-6-15(10)20(17,18)11-7-8(13)4-5-9(11)14/h4-5,7,10H,2-3,6H2,1H3. The molecule has 0 spiro atoms. The van der Waals surface area contributed by atoms with Crippen LogP contribution < -0.4 is 0 Å². The smallest absolute Gasteiger partial charge is 0.324 e. The van der Waals surface area contributed by atoms with E-state index in [4.69, 9.17) is 23.2 Å². The van der Waals surface area contributed by atoms with E-state index in [2.05, 4.69) is 4.74 Å². The molecule has 0 aliphatic carbocycles. The van der Waals surface area contributed by atoms with Gasteiger partial charge in [0.15, 0.2) is 0 Å². The summed E-state index contributed by atoms with van der Waals surface area (Å²) in [6.45, 7) is 0.255. The zero-order valence-corrected chi connectivity index (χ0v) is 13.0. The maximum absolute atomic E-state index is 12.6. The summed E-state index contributed by atoms with van der Waals surface area (Å²) in [6, 6.07) is 3.40. The summed E-state index contributed by atoms with van der Waals surface area (Å²) >= 11 is 11.8. The number of ether oxygens (including phenoxy) is 1. The summed E-state index contributed by atoms with van der Waals surface area (Å²) in [5.41, 5.74) is 0. The van der Waals surface area contributed by atoms with Crippen LogP contribution >= 0.6 is 23.2 Å². The molecule has 1 heterocycles. The number of nitrogens with zero attached hydrogens (tertiary/aromatic N) is 1. The van der Waals surface area contributed by atoms with Gasteiger partial charge in [0.05, 0.1) is 12.1 Å². The maximum atomic E-state index is 12.6. The molecule has 20 heavy (non-hydrogen) atoms. The van der Waals surface area contributed by atoms with Crippen LogP contribution in [-0.4, -0.2) is 38.4 Å².